The van der Waals surface area contributed by atoms with Gasteiger partial charge in [-0.2, -0.15) is 11.1 Å². The van der Waals surface area contributed by atoms with Gasteiger partial charge in [0.05, 0.1) is 0 Å². The molecule has 0 N–H and O–H groups in total. The highest BCUT2D eigenvalue weighted by Gasteiger charge is 1.87. The first-order valence-corrected chi connectivity index (χ1v) is 6.72. The molecule has 0 aliphatic rings. The van der Waals surface area contributed by atoms with Gasteiger partial charge in [0.15, 0.2) is 0 Å². The largest absolute Gasteiger partial charge is 0.176 e. The first kappa shape index (κ1) is 9.25. The molecule has 2 heteroatoms. The van der Waals surface area contributed by atoms with Crippen LogP contribution in [0, 0.1) is 0 Å². The van der Waals surface area contributed by atoms with Crippen molar-refractivity contribution in [3.63, 3.8) is 0 Å². The monoisotopic (exact) mass is 162 g/mol. The highest BCUT2D eigenvalue weighted by Crippen LogP contribution is 2.06. The molecule has 0 aromatic rings. The standard InChI is InChI=1S/C7H15ClSi/c1-3-7(4-2)5-6-9-8/h5H,3-4,6,9H2,1-2H3. The second-order valence-electron chi connectivity index (χ2n) is 2.05. The molecule has 0 aromatic carbocycles. The zero-order chi connectivity index (χ0) is 7.11. The SMILES string of the molecule is CCC(=CC[SiH2]Cl)CC. The Morgan fingerprint density at radius 3 is 2.33 bits per heavy atom. The van der Waals surface area contributed by atoms with Gasteiger partial charge in [-0.1, -0.05) is 25.5 Å². The highest BCUT2D eigenvalue weighted by molar-refractivity contribution is 6.93. The Kier molecular flexibility index (Phi) is 6.54. The number of halogens is 1. The summed E-state index contributed by atoms with van der Waals surface area (Å²) in [5, 5.41) is 0. The van der Waals surface area contributed by atoms with E-state index in [1.54, 1.807) is 5.57 Å². The van der Waals surface area contributed by atoms with Crippen molar-refractivity contribution in [2.75, 3.05) is 0 Å². The van der Waals surface area contributed by atoms with Gasteiger partial charge in [-0.05, 0) is 18.9 Å². The third-order valence-corrected chi connectivity index (χ3v) is 2.61. The zero-order valence-corrected chi connectivity index (χ0v) is 8.45. The van der Waals surface area contributed by atoms with Crippen LogP contribution in [-0.2, 0) is 0 Å². The van der Waals surface area contributed by atoms with Gasteiger partial charge in [-0.15, -0.1) is 0 Å². The molecule has 0 aliphatic heterocycles. The minimum absolute atomic E-state index is 0.252. The molecule has 0 bridgehead atoms. The molecule has 0 saturated carbocycles. The molecule has 54 valence electrons. The van der Waals surface area contributed by atoms with Crippen LogP contribution in [0.5, 0.6) is 0 Å². The summed E-state index contributed by atoms with van der Waals surface area (Å²) in [6, 6.07) is 1.17. The molecular weight excluding hydrogens is 148 g/mol. The summed E-state index contributed by atoms with van der Waals surface area (Å²) in [4.78, 5) is 0. The third-order valence-electron chi connectivity index (χ3n) is 1.45. The van der Waals surface area contributed by atoms with Crippen molar-refractivity contribution in [2.24, 2.45) is 0 Å². The molecule has 0 saturated heterocycles. The van der Waals surface area contributed by atoms with Gasteiger partial charge in [0, 0.05) is 0 Å². The van der Waals surface area contributed by atoms with Crippen molar-refractivity contribution in [2.45, 2.75) is 32.7 Å². The predicted molar refractivity (Wildman–Crippen MR) is 47.9 cm³/mol. The fourth-order valence-electron chi connectivity index (χ4n) is 0.797. The Hall–Kier alpha value is 0.247. The van der Waals surface area contributed by atoms with E-state index in [0.29, 0.717) is 0 Å². The second-order valence-corrected chi connectivity index (χ2v) is 4.14. The van der Waals surface area contributed by atoms with E-state index in [4.69, 9.17) is 11.1 Å². The Morgan fingerprint density at radius 1 is 1.44 bits per heavy atom. The molecular formula is C7H15ClSi. The smallest absolute Gasteiger partial charge is 0.129 e. The van der Waals surface area contributed by atoms with Gasteiger partial charge in [-0.3, -0.25) is 0 Å². The Balaban J connectivity index is 3.48. The summed E-state index contributed by atoms with van der Waals surface area (Å²) >= 11 is 5.65. The second kappa shape index (κ2) is 6.37. The van der Waals surface area contributed by atoms with Crippen molar-refractivity contribution in [3.8, 4) is 0 Å². The molecule has 0 aliphatic carbocycles. The molecule has 0 atom stereocenters. The molecule has 0 nitrogen and oxygen atoms in total. The summed E-state index contributed by atoms with van der Waals surface area (Å²) < 4.78 is 0. The minimum atomic E-state index is -0.252. The number of rotatable bonds is 4. The highest BCUT2D eigenvalue weighted by atomic mass is 35.6. The lowest BCUT2D eigenvalue weighted by Crippen LogP contribution is -1.79. The average Bonchev–Trinajstić information content (AvgIpc) is 1.91. The predicted octanol–water partition coefficient (Wildman–Crippen LogP) is 2.47. The van der Waals surface area contributed by atoms with E-state index >= 15 is 0 Å². The first-order valence-electron chi connectivity index (χ1n) is 3.59. The summed E-state index contributed by atoms with van der Waals surface area (Å²) in [5.41, 5.74) is 1.56. The van der Waals surface area contributed by atoms with Crippen LogP contribution < -0.4 is 0 Å². The van der Waals surface area contributed by atoms with Gasteiger partial charge in [0.25, 0.3) is 0 Å². The summed E-state index contributed by atoms with van der Waals surface area (Å²) in [7, 11) is -0.252. The van der Waals surface area contributed by atoms with Crippen LogP contribution in [0.1, 0.15) is 26.7 Å². The molecule has 0 heterocycles. The maximum Gasteiger partial charge on any atom is 0.129 e. The molecule has 0 spiro atoms. The van der Waals surface area contributed by atoms with Crippen molar-refractivity contribution >= 4 is 19.9 Å². The maximum absolute atomic E-state index is 5.65. The summed E-state index contributed by atoms with van der Waals surface area (Å²) in [5.74, 6) is 0. The lowest BCUT2D eigenvalue weighted by atomic mass is 10.1. The summed E-state index contributed by atoms with van der Waals surface area (Å²) in [6.45, 7) is 4.40. The number of hydrogen-bond donors (Lipinski definition) is 0. The van der Waals surface area contributed by atoms with Crippen LogP contribution >= 0.6 is 11.1 Å². The van der Waals surface area contributed by atoms with Crippen molar-refractivity contribution in [1.82, 2.24) is 0 Å². The van der Waals surface area contributed by atoms with Gasteiger partial charge in [-0.25, -0.2) is 0 Å². The van der Waals surface area contributed by atoms with Crippen LogP contribution in [0.3, 0.4) is 0 Å². The third kappa shape index (κ3) is 4.73. The van der Waals surface area contributed by atoms with Crippen LogP contribution in [0.15, 0.2) is 11.6 Å². The molecule has 9 heavy (non-hydrogen) atoms. The van der Waals surface area contributed by atoms with E-state index in [9.17, 15) is 0 Å². The molecule has 0 radical (unpaired) electrons. The van der Waals surface area contributed by atoms with Crippen LogP contribution in [0.2, 0.25) is 6.04 Å². The number of hydrogen-bond acceptors (Lipinski definition) is 0. The molecule has 0 aromatic heterocycles. The summed E-state index contributed by atoms with van der Waals surface area (Å²) in [6.07, 6.45) is 4.70. The molecule has 0 unspecified atom stereocenters. The van der Waals surface area contributed by atoms with E-state index in [-0.39, 0.29) is 8.83 Å². The van der Waals surface area contributed by atoms with E-state index in [2.05, 4.69) is 19.9 Å². The minimum Gasteiger partial charge on any atom is -0.176 e. The van der Waals surface area contributed by atoms with Crippen LogP contribution in [0.25, 0.3) is 0 Å². The van der Waals surface area contributed by atoms with Crippen LogP contribution in [0.4, 0.5) is 0 Å². The maximum atomic E-state index is 5.65. The normalized spacial score (nSPS) is 10.6. The number of allylic oxidation sites excluding steroid dienone is 2. The van der Waals surface area contributed by atoms with Crippen molar-refractivity contribution < 1.29 is 0 Å². The Labute approximate surface area is 64.8 Å². The van der Waals surface area contributed by atoms with E-state index in [1.807, 2.05) is 0 Å². The first-order chi connectivity index (χ1) is 4.35. The molecule has 0 fully saturated rings. The van der Waals surface area contributed by atoms with E-state index < -0.39 is 0 Å². The van der Waals surface area contributed by atoms with Gasteiger partial charge < -0.3 is 0 Å². The van der Waals surface area contributed by atoms with Gasteiger partial charge in [0.1, 0.15) is 8.83 Å². The zero-order valence-electron chi connectivity index (χ0n) is 6.28. The van der Waals surface area contributed by atoms with Gasteiger partial charge in [0.2, 0.25) is 0 Å². The lowest BCUT2D eigenvalue weighted by molar-refractivity contribution is 0.972. The van der Waals surface area contributed by atoms with Crippen LogP contribution in [-0.4, -0.2) is 8.83 Å². The molecule has 0 amide bonds. The van der Waals surface area contributed by atoms with Crippen molar-refractivity contribution in [1.29, 1.82) is 0 Å². The lowest BCUT2D eigenvalue weighted by Gasteiger charge is -1.96. The Bertz CT molecular complexity index is 82.9. The van der Waals surface area contributed by atoms with E-state index in [1.165, 1.54) is 18.9 Å². The van der Waals surface area contributed by atoms with E-state index in [0.717, 1.165) is 0 Å². The topological polar surface area (TPSA) is 0 Å². The van der Waals surface area contributed by atoms with Gasteiger partial charge >= 0.3 is 0 Å². The molecule has 0 rings (SSSR count). The fraction of sp³-hybridized carbons (Fsp3) is 0.714. The average molecular weight is 163 g/mol. The quantitative estimate of drug-likeness (QED) is 0.339. The van der Waals surface area contributed by atoms with Crippen molar-refractivity contribution in [3.05, 3.63) is 11.6 Å². The Morgan fingerprint density at radius 2 is 2.00 bits per heavy atom. The fourth-order valence-corrected chi connectivity index (χ4v) is 1.64.